The van der Waals surface area contributed by atoms with Crippen LogP contribution < -0.4 is 10.6 Å². The van der Waals surface area contributed by atoms with Crippen molar-refractivity contribution in [2.75, 3.05) is 17.2 Å². The van der Waals surface area contributed by atoms with Gasteiger partial charge in [0.2, 0.25) is 0 Å². The highest BCUT2D eigenvalue weighted by molar-refractivity contribution is 5.98. The molecule has 4 heteroatoms. The summed E-state index contributed by atoms with van der Waals surface area (Å²) in [6, 6.07) is 13.4. The maximum atomic E-state index is 11.5. The van der Waals surface area contributed by atoms with Crippen molar-refractivity contribution in [3.8, 4) is 0 Å². The fourth-order valence-electron chi connectivity index (χ4n) is 2.98. The van der Waals surface area contributed by atoms with Crippen molar-refractivity contribution >= 4 is 17.3 Å². The Bertz CT molecular complexity index is 682. The molecule has 0 aromatic heterocycles. The fourth-order valence-corrected chi connectivity index (χ4v) is 2.98. The Morgan fingerprint density at radius 3 is 2.62 bits per heavy atom. The number of carboxylic acid groups (broad SMARTS) is 1. The van der Waals surface area contributed by atoms with Crippen LogP contribution >= 0.6 is 0 Å². The van der Waals surface area contributed by atoms with Crippen molar-refractivity contribution in [3.05, 3.63) is 59.2 Å². The van der Waals surface area contributed by atoms with Crippen molar-refractivity contribution < 1.29 is 9.90 Å². The van der Waals surface area contributed by atoms with Crippen LogP contribution in [0.4, 0.5) is 11.4 Å². The van der Waals surface area contributed by atoms with Gasteiger partial charge in [0.1, 0.15) is 0 Å². The third kappa shape index (κ3) is 2.57. The zero-order valence-electron chi connectivity index (χ0n) is 11.7. The van der Waals surface area contributed by atoms with Crippen LogP contribution in [-0.4, -0.2) is 17.6 Å². The molecule has 0 saturated heterocycles. The molecule has 1 aliphatic rings. The van der Waals surface area contributed by atoms with Crippen LogP contribution in [0.2, 0.25) is 0 Å². The van der Waals surface area contributed by atoms with Gasteiger partial charge in [0.15, 0.2) is 0 Å². The summed E-state index contributed by atoms with van der Waals surface area (Å²) in [5.41, 5.74) is 10.1. The molecule has 4 nitrogen and oxygen atoms in total. The highest BCUT2D eigenvalue weighted by atomic mass is 16.4. The summed E-state index contributed by atoms with van der Waals surface area (Å²) in [7, 11) is 0. The number of fused-ring (bicyclic) bond motifs is 1. The van der Waals surface area contributed by atoms with Crippen LogP contribution in [0.1, 0.15) is 27.9 Å². The number of nitrogens with zero attached hydrogens (tertiary/aromatic N) is 1. The number of carboxylic acids is 1. The second kappa shape index (κ2) is 5.48. The van der Waals surface area contributed by atoms with Crippen LogP contribution in [0.15, 0.2) is 42.5 Å². The summed E-state index contributed by atoms with van der Waals surface area (Å²) < 4.78 is 0. The van der Waals surface area contributed by atoms with E-state index in [0.717, 1.165) is 19.4 Å². The first-order valence-corrected chi connectivity index (χ1v) is 7.10. The van der Waals surface area contributed by atoms with Crippen LogP contribution in [0.3, 0.4) is 0 Å². The second-order valence-electron chi connectivity index (χ2n) is 5.34. The van der Waals surface area contributed by atoms with Crippen LogP contribution in [-0.2, 0) is 13.0 Å². The van der Waals surface area contributed by atoms with Gasteiger partial charge in [-0.2, -0.15) is 0 Å². The second-order valence-corrected chi connectivity index (χ2v) is 5.34. The molecule has 0 bridgehead atoms. The lowest BCUT2D eigenvalue weighted by Gasteiger charge is -2.26. The lowest BCUT2D eigenvalue weighted by Crippen LogP contribution is -2.25. The molecule has 0 saturated carbocycles. The maximum Gasteiger partial charge on any atom is 0.337 e. The minimum atomic E-state index is -0.935. The largest absolute Gasteiger partial charge is 0.478 e. The Morgan fingerprint density at radius 1 is 1.10 bits per heavy atom. The van der Waals surface area contributed by atoms with E-state index in [2.05, 4.69) is 17.0 Å². The molecule has 0 fully saturated rings. The lowest BCUT2D eigenvalue weighted by molar-refractivity contribution is 0.0697. The monoisotopic (exact) mass is 282 g/mol. The number of hydrogen-bond acceptors (Lipinski definition) is 3. The van der Waals surface area contributed by atoms with Gasteiger partial charge in [0.25, 0.3) is 0 Å². The highest BCUT2D eigenvalue weighted by Crippen LogP contribution is 2.31. The first kappa shape index (κ1) is 13.5. The quantitative estimate of drug-likeness (QED) is 0.831. The predicted octanol–water partition coefficient (Wildman–Crippen LogP) is 2.92. The molecule has 0 spiro atoms. The van der Waals surface area contributed by atoms with E-state index in [-0.39, 0.29) is 5.56 Å². The van der Waals surface area contributed by atoms with E-state index >= 15 is 0 Å². The third-order valence-electron chi connectivity index (χ3n) is 3.97. The SMILES string of the molecule is Nc1cccc(C(=O)O)c1N1CCCc2ccccc2C1. The molecule has 1 heterocycles. The van der Waals surface area contributed by atoms with Gasteiger partial charge in [-0.25, -0.2) is 4.79 Å². The van der Waals surface area contributed by atoms with Gasteiger partial charge in [-0.3, -0.25) is 0 Å². The average molecular weight is 282 g/mol. The van der Waals surface area contributed by atoms with Crippen molar-refractivity contribution in [2.24, 2.45) is 0 Å². The highest BCUT2D eigenvalue weighted by Gasteiger charge is 2.21. The minimum absolute atomic E-state index is 0.273. The summed E-state index contributed by atoms with van der Waals surface area (Å²) in [5.74, 6) is -0.935. The van der Waals surface area contributed by atoms with Crippen molar-refractivity contribution in [1.82, 2.24) is 0 Å². The molecule has 0 amide bonds. The van der Waals surface area contributed by atoms with Gasteiger partial charge < -0.3 is 15.7 Å². The van der Waals surface area contributed by atoms with Crippen molar-refractivity contribution in [1.29, 1.82) is 0 Å². The number of anilines is 2. The first-order valence-electron chi connectivity index (χ1n) is 7.10. The van der Waals surface area contributed by atoms with Crippen molar-refractivity contribution in [3.63, 3.8) is 0 Å². The van der Waals surface area contributed by atoms with Crippen LogP contribution in [0.5, 0.6) is 0 Å². The van der Waals surface area contributed by atoms with E-state index in [0.29, 0.717) is 17.9 Å². The van der Waals surface area contributed by atoms with E-state index in [4.69, 9.17) is 5.73 Å². The molecular weight excluding hydrogens is 264 g/mol. The molecular formula is C17H18N2O2. The number of carbonyl (C=O) groups is 1. The zero-order valence-corrected chi connectivity index (χ0v) is 11.7. The molecule has 2 aromatic carbocycles. The molecule has 0 atom stereocenters. The minimum Gasteiger partial charge on any atom is -0.478 e. The van der Waals surface area contributed by atoms with Gasteiger partial charge in [-0.05, 0) is 36.1 Å². The molecule has 3 rings (SSSR count). The molecule has 1 aliphatic heterocycles. The number of para-hydroxylation sites is 1. The number of rotatable bonds is 2. The number of nitrogens with two attached hydrogens (primary N) is 1. The smallest absolute Gasteiger partial charge is 0.337 e. The summed E-state index contributed by atoms with van der Waals surface area (Å²) in [4.78, 5) is 13.6. The van der Waals surface area contributed by atoms with Gasteiger partial charge in [-0.15, -0.1) is 0 Å². The molecule has 3 N–H and O–H groups in total. The van der Waals surface area contributed by atoms with E-state index in [1.165, 1.54) is 11.1 Å². The summed E-state index contributed by atoms with van der Waals surface area (Å²) in [6.07, 6.45) is 2.01. The number of aromatic carboxylic acids is 1. The summed E-state index contributed by atoms with van der Waals surface area (Å²) >= 11 is 0. The summed E-state index contributed by atoms with van der Waals surface area (Å²) in [6.45, 7) is 1.51. The van der Waals surface area contributed by atoms with Gasteiger partial charge in [0.05, 0.1) is 16.9 Å². The molecule has 0 aliphatic carbocycles. The van der Waals surface area contributed by atoms with Crippen LogP contribution in [0.25, 0.3) is 0 Å². The Hall–Kier alpha value is -2.49. The summed E-state index contributed by atoms with van der Waals surface area (Å²) in [5, 5.41) is 9.40. The number of hydrogen-bond donors (Lipinski definition) is 2. The van der Waals surface area contributed by atoms with E-state index in [1.54, 1.807) is 18.2 Å². The van der Waals surface area contributed by atoms with Crippen molar-refractivity contribution in [2.45, 2.75) is 19.4 Å². The number of aryl methyl sites for hydroxylation is 1. The molecule has 108 valence electrons. The molecule has 2 aromatic rings. The number of benzene rings is 2. The van der Waals surface area contributed by atoms with Gasteiger partial charge in [0, 0.05) is 13.1 Å². The lowest BCUT2D eigenvalue weighted by atomic mass is 10.0. The van der Waals surface area contributed by atoms with E-state index in [1.807, 2.05) is 12.1 Å². The molecule has 0 radical (unpaired) electrons. The Morgan fingerprint density at radius 2 is 1.86 bits per heavy atom. The Labute approximate surface area is 123 Å². The average Bonchev–Trinajstić information content (AvgIpc) is 2.68. The Kier molecular flexibility index (Phi) is 3.52. The fraction of sp³-hybridized carbons (Fsp3) is 0.235. The van der Waals surface area contributed by atoms with Gasteiger partial charge >= 0.3 is 5.97 Å². The van der Waals surface area contributed by atoms with E-state index in [9.17, 15) is 9.90 Å². The molecule has 21 heavy (non-hydrogen) atoms. The zero-order chi connectivity index (χ0) is 14.8. The third-order valence-corrected chi connectivity index (χ3v) is 3.97. The normalized spacial score (nSPS) is 14.4. The number of nitrogen functional groups attached to an aromatic ring is 1. The first-order chi connectivity index (χ1) is 10.2. The van der Waals surface area contributed by atoms with E-state index < -0.39 is 5.97 Å². The maximum absolute atomic E-state index is 11.5. The Balaban J connectivity index is 2.04. The predicted molar refractivity (Wildman–Crippen MR) is 83.6 cm³/mol. The topological polar surface area (TPSA) is 66.6 Å². The van der Waals surface area contributed by atoms with Crippen LogP contribution in [0, 0.1) is 0 Å². The molecule has 0 unspecified atom stereocenters. The standard InChI is InChI=1S/C17H18N2O2/c18-15-9-3-8-14(17(20)21)16(15)19-10-4-7-12-5-1-2-6-13(12)11-19/h1-3,5-6,8-9H,4,7,10-11,18H2,(H,20,21). The van der Waals surface area contributed by atoms with Gasteiger partial charge in [-0.1, -0.05) is 30.3 Å².